The quantitative estimate of drug-likeness (QED) is 0.474. The fourth-order valence-corrected chi connectivity index (χ4v) is 0.665. The summed E-state index contributed by atoms with van der Waals surface area (Å²) in [5.41, 5.74) is 0. The fraction of sp³-hybridized carbons (Fsp3) is 0.765. The van der Waals surface area contributed by atoms with E-state index >= 15 is 0 Å². The van der Waals surface area contributed by atoms with Crippen molar-refractivity contribution in [2.24, 2.45) is 17.8 Å². The van der Waals surface area contributed by atoms with Gasteiger partial charge in [-0.2, -0.15) is 0 Å². The van der Waals surface area contributed by atoms with Crippen LogP contribution in [0.3, 0.4) is 0 Å². The molecule has 3 rings (SSSR count). The van der Waals surface area contributed by atoms with Gasteiger partial charge in [-0.05, 0) is 30.6 Å². The smallest absolute Gasteiger partial charge is 0.0236 e. The SMILES string of the molecule is C=C.C=CC1CC1.CC.CC1CC1.CC1CC1. The van der Waals surface area contributed by atoms with E-state index in [1.807, 2.05) is 19.9 Å². The first-order chi connectivity index (χ1) is 8.22. The predicted molar refractivity (Wildman–Crippen MR) is 82.3 cm³/mol. The lowest BCUT2D eigenvalue weighted by Crippen LogP contribution is -1.50. The van der Waals surface area contributed by atoms with E-state index in [4.69, 9.17) is 0 Å². The standard InChI is InChI=1S/C5H8.2C4H8.C2H6.C2H4/c1-2-5-3-4-5;2*1-4-2-3-4;2*1-2/h2,5H,1,3-4H2;2*4H,2-3H2,1H3;1-2H3;1-2H2. The number of rotatable bonds is 1. The molecule has 0 aromatic carbocycles. The molecule has 0 atom stereocenters. The average Bonchev–Trinajstić information content (AvgIpc) is 3.18. The molecule has 0 spiro atoms. The number of hydrogen-bond acceptors (Lipinski definition) is 0. The minimum Gasteiger partial charge on any atom is -0.106 e. The van der Waals surface area contributed by atoms with Crippen molar-refractivity contribution in [2.75, 3.05) is 0 Å². The van der Waals surface area contributed by atoms with Crippen LogP contribution in [0, 0.1) is 17.8 Å². The van der Waals surface area contributed by atoms with E-state index in [2.05, 4.69) is 33.6 Å². The Labute approximate surface area is 110 Å². The second-order valence-corrected chi connectivity index (χ2v) is 4.94. The van der Waals surface area contributed by atoms with Gasteiger partial charge >= 0.3 is 0 Å². The third kappa shape index (κ3) is 25.6. The molecule has 0 amide bonds. The first-order valence-electron chi connectivity index (χ1n) is 7.35. The highest BCUT2D eigenvalue weighted by Crippen LogP contribution is 2.29. The van der Waals surface area contributed by atoms with Crippen molar-refractivity contribution in [3.63, 3.8) is 0 Å². The van der Waals surface area contributed by atoms with Gasteiger partial charge in [-0.15, -0.1) is 19.7 Å². The molecule has 17 heavy (non-hydrogen) atoms. The van der Waals surface area contributed by atoms with Crippen LogP contribution in [0.4, 0.5) is 0 Å². The van der Waals surface area contributed by atoms with Gasteiger partial charge in [-0.1, -0.05) is 59.5 Å². The first kappa shape index (κ1) is 18.8. The van der Waals surface area contributed by atoms with Crippen LogP contribution in [0.1, 0.15) is 66.2 Å². The molecule has 0 bridgehead atoms. The topological polar surface area (TPSA) is 0 Å². The van der Waals surface area contributed by atoms with Crippen molar-refractivity contribution in [3.8, 4) is 0 Å². The molecule has 3 saturated carbocycles. The highest BCUT2D eigenvalue weighted by atomic mass is 14.2. The van der Waals surface area contributed by atoms with Crippen molar-refractivity contribution in [2.45, 2.75) is 66.2 Å². The van der Waals surface area contributed by atoms with Gasteiger partial charge in [0.25, 0.3) is 0 Å². The van der Waals surface area contributed by atoms with Crippen molar-refractivity contribution < 1.29 is 0 Å². The van der Waals surface area contributed by atoms with Gasteiger partial charge in [0.15, 0.2) is 0 Å². The Hall–Kier alpha value is -0.520. The molecule has 3 aliphatic rings. The number of hydrogen-bond donors (Lipinski definition) is 0. The van der Waals surface area contributed by atoms with E-state index in [1.165, 1.54) is 38.5 Å². The molecule has 3 aliphatic carbocycles. The molecule has 0 heteroatoms. The molecule has 0 heterocycles. The molecule has 0 unspecified atom stereocenters. The molecule has 0 N–H and O–H groups in total. The summed E-state index contributed by atoms with van der Waals surface area (Å²) in [7, 11) is 0. The molecule has 0 aromatic heterocycles. The van der Waals surface area contributed by atoms with Crippen LogP contribution in [0.5, 0.6) is 0 Å². The highest BCUT2D eigenvalue weighted by molar-refractivity contribution is 4.88. The van der Waals surface area contributed by atoms with Crippen LogP contribution in [-0.4, -0.2) is 0 Å². The lowest BCUT2D eigenvalue weighted by Gasteiger charge is -1.63. The van der Waals surface area contributed by atoms with E-state index in [9.17, 15) is 0 Å². The Bertz CT molecular complexity index is 137. The van der Waals surface area contributed by atoms with Gasteiger partial charge in [0.1, 0.15) is 0 Å². The summed E-state index contributed by atoms with van der Waals surface area (Å²) in [6.07, 6.45) is 10.8. The summed E-state index contributed by atoms with van der Waals surface area (Å²) in [4.78, 5) is 0. The van der Waals surface area contributed by atoms with Crippen molar-refractivity contribution >= 4 is 0 Å². The van der Waals surface area contributed by atoms with Crippen LogP contribution < -0.4 is 0 Å². The monoisotopic (exact) mass is 238 g/mol. The summed E-state index contributed by atoms with van der Waals surface area (Å²) < 4.78 is 0. The summed E-state index contributed by atoms with van der Waals surface area (Å²) in [5.74, 6) is 3.06. The molecule has 0 aliphatic heterocycles. The normalized spacial score (nSPS) is 19.5. The summed E-state index contributed by atoms with van der Waals surface area (Å²) in [5, 5.41) is 0. The largest absolute Gasteiger partial charge is 0.106 e. The molecular formula is C17H34. The lowest BCUT2D eigenvalue weighted by molar-refractivity contribution is 0.983. The molecule has 3 fully saturated rings. The predicted octanol–water partition coefficient (Wildman–Crippen LogP) is 6.24. The Morgan fingerprint density at radius 2 is 1.00 bits per heavy atom. The van der Waals surface area contributed by atoms with Crippen LogP contribution in [-0.2, 0) is 0 Å². The Morgan fingerprint density at radius 1 is 0.765 bits per heavy atom. The highest BCUT2D eigenvalue weighted by Gasteiger charge is 2.15. The Kier molecular flexibility index (Phi) is 15.0. The van der Waals surface area contributed by atoms with Gasteiger partial charge in [0.05, 0.1) is 0 Å². The zero-order valence-corrected chi connectivity index (χ0v) is 12.7. The van der Waals surface area contributed by atoms with Crippen LogP contribution in [0.2, 0.25) is 0 Å². The number of allylic oxidation sites excluding steroid dienone is 1. The third-order valence-corrected chi connectivity index (χ3v) is 2.69. The second kappa shape index (κ2) is 13.5. The molecule has 0 nitrogen and oxygen atoms in total. The van der Waals surface area contributed by atoms with Crippen LogP contribution >= 0.6 is 0 Å². The molecule has 0 radical (unpaired) electrons. The minimum atomic E-state index is 0.898. The van der Waals surface area contributed by atoms with Crippen LogP contribution in [0.15, 0.2) is 25.8 Å². The Balaban J connectivity index is 0. The van der Waals surface area contributed by atoms with Gasteiger partial charge in [-0.25, -0.2) is 0 Å². The zero-order valence-electron chi connectivity index (χ0n) is 12.7. The van der Waals surface area contributed by atoms with E-state index in [0.717, 1.165) is 17.8 Å². The Morgan fingerprint density at radius 3 is 1.00 bits per heavy atom. The molecule has 0 saturated heterocycles. The van der Waals surface area contributed by atoms with Gasteiger partial charge < -0.3 is 0 Å². The maximum atomic E-state index is 3.62. The van der Waals surface area contributed by atoms with E-state index in [0.29, 0.717) is 0 Å². The summed E-state index contributed by atoms with van der Waals surface area (Å²) in [6, 6.07) is 0. The minimum absolute atomic E-state index is 0.898. The van der Waals surface area contributed by atoms with Gasteiger partial charge in [-0.3, -0.25) is 0 Å². The van der Waals surface area contributed by atoms with Crippen molar-refractivity contribution in [1.82, 2.24) is 0 Å². The van der Waals surface area contributed by atoms with Gasteiger partial charge in [0, 0.05) is 0 Å². The van der Waals surface area contributed by atoms with E-state index in [-0.39, 0.29) is 0 Å². The summed E-state index contributed by atoms with van der Waals surface area (Å²) in [6.45, 7) is 18.2. The van der Waals surface area contributed by atoms with E-state index < -0.39 is 0 Å². The van der Waals surface area contributed by atoms with Crippen molar-refractivity contribution in [1.29, 1.82) is 0 Å². The maximum absolute atomic E-state index is 3.62. The van der Waals surface area contributed by atoms with Crippen LogP contribution in [0.25, 0.3) is 0 Å². The lowest BCUT2D eigenvalue weighted by atomic mass is 10.4. The first-order valence-corrected chi connectivity index (χ1v) is 7.35. The average molecular weight is 238 g/mol. The third-order valence-electron chi connectivity index (χ3n) is 2.69. The summed E-state index contributed by atoms with van der Waals surface area (Å²) >= 11 is 0. The molecular weight excluding hydrogens is 204 g/mol. The molecule has 102 valence electrons. The molecule has 0 aromatic rings. The van der Waals surface area contributed by atoms with E-state index in [1.54, 1.807) is 0 Å². The fourth-order valence-electron chi connectivity index (χ4n) is 0.665. The van der Waals surface area contributed by atoms with Gasteiger partial charge in [0.2, 0.25) is 0 Å². The zero-order chi connectivity index (χ0) is 13.7. The maximum Gasteiger partial charge on any atom is -0.0236 e. The second-order valence-electron chi connectivity index (χ2n) is 4.94. The van der Waals surface area contributed by atoms with Crippen molar-refractivity contribution in [3.05, 3.63) is 25.8 Å².